The summed E-state index contributed by atoms with van der Waals surface area (Å²) in [7, 11) is 3.34. The van der Waals surface area contributed by atoms with Crippen LogP contribution in [0.1, 0.15) is 20.7 Å². The summed E-state index contributed by atoms with van der Waals surface area (Å²) in [6.07, 6.45) is 1.42. The van der Waals surface area contributed by atoms with Crippen molar-refractivity contribution >= 4 is 17.7 Å². The quantitative estimate of drug-likeness (QED) is 0.895. The van der Waals surface area contributed by atoms with E-state index in [-0.39, 0.29) is 17.3 Å². The number of nitrogens with zero attached hydrogens (tertiary/aromatic N) is 2. The number of carbonyl (C=O) groups is 2. The molecular formula is C15H15N3O3. The van der Waals surface area contributed by atoms with Gasteiger partial charge in [-0.3, -0.25) is 4.79 Å². The Labute approximate surface area is 121 Å². The van der Waals surface area contributed by atoms with E-state index in [0.29, 0.717) is 16.7 Å². The van der Waals surface area contributed by atoms with Crippen LogP contribution >= 0.6 is 0 Å². The molecule has 3 N–H and O–H groups in total. The maximum absolute atomic E-state index is 11.8. The van der Waals surface area contributed by atoms with Gasteiger partial charge in [0.05, 0.1) is 5.56 Å². The molecule has 0 bridgehead atoms. The van der Waals surface area contributed by atoms with Crippen molar-refractivity contribution in [1.82, 2.24) is 9.88 Å². The summed E-state index contributed by atoms with van der Waals surface area (Å²) in [5.41, 5.74) is 7.25. The number of carboxylic acid groups (broad SMARTS) is 1. The number of aromatic carboxylic acids is 1. The first-order valence-electron chi connectivity index (χ1n) is 6.21. The molecule has 0 spiro atoms. The Kier molecular flexibility index (Phi) is 3.89. The third-order valence-electron chi connectivity index (χ3n) is 3.00. The molecule has 2 aromatic rings. The number of carbonyl (C=O) groups excluding carboxylic acids is 1. The van der Waals surface area contributed by atoms with E-state index in [4.69, 9.17) is 5.73 Å². The topological polar surface area (TPSA) is 96.5 Å². The number of pyridine rings is 1. The summed E-state index contributed by atoms with van der Waals surface area (Å²) in [6, 6.07) is 8.00. The van der Waals surface area contributed by atoms with Crippen molar-refractivity contribution in [3.63, 3.8) is 0 Å². The fraction of sp³-hybridized carbons (Fsp3) is 0.133. The highest BCUT2D eigenvalue weighted by atomic mass is 16.4. The van der Waals surface area contributed by atoms with Crippen molar-refractivity contribution in [1.29, 1.82) is 0 Å². The Bertz CT molecular complexity index is 694. The number of hydrogen-bond acceptors (Lipinski definition) is 4. The van der Waals surface area contributed by atoms with Gasteiger partial charge >= 0.3 is 5.97 Å². The molecule has 0 saturated heterocycles. The van der Waals surface area contributed by atoms with Crippen LogP contribution in [0, 0.1) is 0 Å². The Balaban J connectivity index is 2.44. The van der Waals surface area contributed by atoms with Crippen LogP contribution in [0.2, 0.25) is 0 Å². The molecule has 0 fully saturated rings. The van der Waals surface area contributed by atoms with Gasteiger partial charge in [0.2, 0.25) is 0 Å². The highest BCUT2D eigenvalue weighted by Gasteiger charge is 2.14. The van der Waals surface area contributed by atoms with Gasteiger partial charge in [-0.1, -0.05) is 12.1 Å². The van der Waals surface area contributed by atoms with E-state index in [2.05, 4.69) is 4.98 Å². The molecule has 0 radical (unpaired) electrons. The monoisotopic (exact) mass is 285 g/mol. The number of benzene rings is 1. The second-order valence-electron chi connectivity index (χ2n) is 4.74. The average Bonchev–Trinajstić information content (AvgIpc) is 2.46. The zero-order valence-corrected chi connectivity index (χ0v) is 11.7. The fourth-order valence-electron chi connectivity index (χ4n) is 1.93. The first-order chi connectivity index (χ1) is 9.90. The summed E-state index contributed by atoms with van der Waals surface area (Å²) in [5, 5.41) is 9.22. The predicted molar refractivity (Wildman–Crippen MR) is 79.1 cm³/mol. The van der Waals surface area contributed by atoms with Gasteiger partial charge in [0.1, 0.15) is 5.82 Å². The average molecular weight is 285 g/mol. The zero-order chi connectivity index (χ0) is 15.6. The number of nitrogen functional groups attached to an aromatic ring is 1. The number of nitrogens with two attached hydrogens (primary N) is 1. The Morgan fingerprint density at radius 3 is 2.33 bits per heavy atom. The van der Waals surface area contributed by atoms with Crippen molar-refractivity contribution in [3.05, 3.63) is 47.7 Å². The van der Waals surface area contributed by atoms with E-state index in [1.807, 2.05) is 0 Å². The minimum atomic E-state index is -1.08. The molecule has 0 saturated carbocycles. The molecular weight excluding hydrogens is 270 g/mol. The second kappa shape index (κ2) is 5.62. The number of rotatable bonds is 3. The summed E-state index contributed by atoms with van der Waals surface area (Å²) in [5.74, 6) is -1.04. The zero-order valence-electron chi connectivity index (χ0n) is 11.7. The Morgan fingerprint density at radius 1 is 1.19 bits per heavy atom. The van der Waals surface area contributed by atoms with E-state index in [0.717, 1.165) is 0 Å². The van der Waals surface area contributed by atoms with Crippen LogP contribution < -0.4 is 5.73 Å². The standard InChI is InChI=1S/C15H15N3O3/c1-18(2)14(19)10-5-3-9(4-6-10)12-8-17-13(16)7-11(12)15(20)21/h3-8H,1-2H3,(H2,16,17)(H,20,21). The van der Waals surface area contributed by atoms with Crippen LogP contribution in [0.15, 0.2) is 36.5 Å². The lowest BCUT2D eigenvalue weighted by atomic mass is 10.0. The number of anilines is 1. The molecule has 1 aromatic carbocycles. The van der Waals surface area contributed by atoms with E-state index < -0.39 is 5.97 Å². The van der Waals surface area contributed by atoms with Gasteiger partial charge in [-0.15, -0.1) is 0 Å². The number of amides is 1. The molecule has 1 amide bonds. The molecule has 0 aliphatic heterocycles. The molecule has 0 aliphatic rings. The van der Waals surface area contributed by atoms with Gasteiger partial charge < -0.3 is 15.7 Å². The number of aromatic nitrogens is 1. The molecule has 0 atom stereocenters. The predicted octanol–water partition coefficient (Wildman–Crippen LogP) is 1.73. The fourth-order valence-corrected chi connectivity index (χ4v) is 1.93. The highest BCUT2D eigenvalue weighted by molar-refractivity contribution is 5.97. The normalized spacial score (nSPS) is 10.2. The molecule has 1 heterocycles. The minimum Gasteiger partial charge on any atom is -0.478 e. The van der Waals surface area contributed by atoms with E-state index in [1.165, 1.54) is 17.2 Å². The molecule has 2 rings (SSSR count). The molecule has 1 aromatic heterocycles. The first kappa shape index (κ1) is 14.5. The second-order valence-corrected chi connectivity index (χ2v) is 4.74. The van der Waals surface area contributed by atoms with Crippen LogP contribution in [0.25, 0.3) is 11.1 Å². The van der Waals surface area contributed by atoms with E-state index in [1.54, 1.807) is 38.4 Å². The lowest BCUT2D eigenvalue weighted by molar-refractivity contribution is 0.0697. The highest BCUT2D eigenvalue weighted by Crippen LogP contribution is 2.25. The van der Waals surface area contributed by atoms with Gasteiger partial charge in [-0.2, -0.15) is 0 Å². The van der Waals surface area contributed by atoms with Crippen LogP contribution in [0.3, 0.4) is 0 Å². The largest absolute Gasteiger partial charge is 0.478 e. The Hall–Kier alpha value is -2.89. The Morgan fingerprint density at radius 2 is 1.81 bits per heavy atom. The summed E-state index contributed by atoms with van der Waals surface area (Å²) < 4.78 is 0. The van der Waals surface area contributed by atoms with E-state index >= 15 is 0 Å². The lowest BCUT2D eigenvalue weighted by Crippen LogP contribution is -2.21. The van der Waals surface area contributed by atoms with Crippen LogP contribution in [-0.4, -0.2) is 41.0 Å². The van der Waals surface area contributed by atoms with Crippen molar-refractivity contribution in [2.45, 2.75) is 0 Å². The van der Waals surface area contributed by atoms with Gasteiger partial charge in [-0.25, -0.2) is 9.78 Å². The third-order valence-corrected chi connectivity index (χ3v) is 3.00. The summed E-state index contributed by atoms with van der Waals surface area (Å²) in [4.78, 5) is 28.5. The van der Waals surface area contributed by atoms with E-state index in [9.17, 15) is 14.7 Å². The number of carboxylic acids is 1. The molecule has 0 unspecified atom stereocenters. The molecule has 0 aliphatic carbocycles. The van der Waals surface area contributed by atoms with Crippen LogP contribution in [-0.2, 0) is 0 Å². The van der Waals surface area contributed by atoms with Crippen LogP contribution in [0.5, 0.6) is 0 Å². The third kappa shape index (κ3) is 3.00. The van der Waals surface area contributed by atoms with Gasteiger partial charge in [0.15, 0.2) is 0 Å². The van der Waals surface area contributed by atoms with Crippen LogP contribution in [0.4, 0.5) is 5.82 Å². The number of hydrogen-bond donors (Lipinski definition) is 2. The lowest BCUT2D eigenvalue weighted by Gasteiger charge is -2.11. The SMILES string of the molecule is CN(C)C(=O)c1ccc(-c2cnc(N)cc2C(=O)O)cc1. The summed E-state index contributed by atoms with van der Waals surface area (Å²) in [6.45, 7) is 0. The molecule has 6 heteroatoms. The maximum atomic E-state index is 11.8. The minimum absolute atomic E-state index is 0.0780. The van der Waals surface area contributed by atoms with Gasteiger partial charge in [0.25, 0.3) is 5.91 Å². The van der Waals surface area contributed by atoms with Gasteiger partial charge in [0, 0.05) is 31.4 Å². The molecule has 108 valence electrons. The molecule has 21 heavy (non-hydrogen) atoms. The van der Waals surface area contributed by atoms with Gasteiger partial charge in [-0.05, 0) is 23.8 Å². The summed E-state index contributed by atoms with van der Waals surface area (Å²) >= 11 is 0. The van der Waals surface area contributed by atoms with Crippen molar-refractivity contribution in [3.8, 4) is 11.1 Å². The molecule has 6 nitrogen and oxygen atoms in total. The van der Waals surface area contributed by atoms with Crippen molar-refractivity contribution in [2.24, 2.45) is 0 Å². The first-order valence-corrected chi connectivity index (χ1v) is 6.21. The smallest absolute Gasteiger partial charge is 0.336 e. The van der Waals surface area contributed by atoms with Crippen molar-refractivity contribution < 1.29 is 14.7 Å². The van der Waals surface area contributed by atoms with Crippen molar-refractivity contribution in [2.75, 3.05) is 19.8 Å². The maximum Gasteiger partial charge on any atom is 0.336 e.